The summed E-state index contributed by atoms with van der Waals surface area (Å²) in [7, 11) is 0. The van der Waals surface area contributed by atoms with Crippen LogP contribution in [0.2, 0.25) is 0 Å². The van der Waals surface area contributed by atoms with Gasteiger partial charge in [-0.2, -0.15) is 0 Å². The second-order valence-corrected chi connectivity index (χ2v) is 22.7. The molecule has 0 aromatic heterocycles. The Morgan fingerprint density at radius 3 is 0.797 bits per heavy atom. The van der Waals surface area contributed by atoms with E-state index in [9.17, 15) is 14.4 Å². The van der Waals surface area contributed by atoms with Crippen LogP contribution in [0.3, 0.4) is 0 Å². The van der Waals surface area contributed by atoms with E-state index >= 15 is 0 Å². The predicted octanol–water partition coefficient (Wildman–Crippen LogP) is 23.4. The van der Waals surface area contributed by atoms with Gasteiger partial charge in [0, 0.05) is 19.3 Å². The van der Waals surface area contributed by atoms with Crippen LogP contribution in [0.5, 0.6) is 0 Å². The second kappa shape index (κ2) is 67.1. The van der Waals surface area contributed by atoms with Crippen molar-refractivity contribution in [2.45, 2.75) is 348 Å². The van der Waals surface area contributed by atoms with E-state index in [2.05, 4.69) is 106 Å². The minimum Gasteiger partial charge on any atom is -0.462 e. The molecule has 0 saturated carbocycles. The fourth-order valence-corrected chi connectivity index (χ4v) is 9.80. The highest BCUT2D eigenvalue weighted by Gasteiger charge is 2.19. The third-order valence-corrected chi connectivity index (χ3v) is 14.9. The van der Waals surface area contributed by atoms with E-state index in [0.717, 1.165) is 116 Å². The zero-order chi connectivity index (χ0) is 57.1. The van der Waals surface area contributed by atoms with Crippen molar-refractivity contribution < 1.29 is 28.6 Å². The first-order chi connectivity index (χ1) is 39.0. The van der Waals surface area contributed by atoms with Gasteiger partial charge < -0.3 is 14.2 Å². The summed E-state index contributed by atoms with van der Waals surface area (Å²) in [5.41, 5.74) is 0. The minimum absolute atomic E-state index is 0.0823. The number of esters is 3. The molecule has 0 heterocycles. The lowest BCUT2D eigenvalue weighted by Gasteiger charge is -2.18. The summed E-state index contributed by atoms with van der Waals surface area (Å²) in [6, 6.07) is 0. The molecule has 0 N–H and O–H groups in total. The molecule has 0 aliphatic rings. The summed E-state index contributed by atoms with van der Waals surface area (Å²) in [5.74, 6) is -0.887. The van der Waals surface area contributed by atoms with Crippen LogP contribution in [0.4, 0.5) is 0 Å². The van der Waals surface area contributed by atoms with Gasteiger partial charge in [0.25, 0.3) is 0 Å². The molecule has 0 aliphatic carbocycles. The molecular weight excluding hydrogens is 973 g/mol. The summed E-state index contributed by atoms with van der Waals surface area (Å²) < 4.78 is 17.0. The maximum absolute atomic E-state index is 13.0. The number of hydrogen-bond acceptors (Lipinski definition) is 6. The van der Waals surface area contributed by atoms with Crippen LogP contribution in [0.25, 0.3) is 0 Å². The Hall–Kier alpha value is -3.41. The van der Waals surface area contributed by atoms with Crippen molar-refractivity contribution in [2.24, 2.45) is 0 Å². The van der Waals surface area contributed by atoms with Gasteiger partial charge in [-0.3, -0.25) is 14.4 Å². The van der Waals surface area contributed by atoms with Crippen LogP contribution >= 0.6 is 0 Å². The maximum Gasteiger partial charge on any atom is 0.306 e. The van der Waals surface area contributed by atoms with Crippen molar-refractivity contribution in [3.05, 3.63) is 85.1 Å². The van der Waals surface area contributed by atoms with E-state index in [-0.39, 0.29) is 31.1 Å². The van der Waals surface area contributed by atoms with Gasteiger partial charge in [-0.1, -0.05) is 311 Å². The van der Waals surface area contributed by atoms with Crippen molar-refractivity contribution in [2.75, 3.05) is 13.2 Å². The Morgan fingerprint density at radius 1 is 0.266 bits per heavy atom. The lowest BCUT2D eigenvalue weighted by Crippen LogP contribution is -2.30. The van der Waals surface area contributed by atoms with Gasteiger partial charge in [0.1, 0.15) is 13.2 Å². The average Bonchev–Trinajstić information content (AvgIpc) is 3.45. The van der Waals surface area contributed by atoms with Gasteiger partial charge in [-0.15, -0.1) is 0 Å². The first-order valence-electron chi connectivity index (χ1n) is 34.1. The van der Waals surface area contributed by atoms with Crippen LogP contribution in [0.1, 0.15) is 342 Å². The molecule has 6 nitrogen and oxygen atoms in total. The molecule has 0 aliphatic heterocycles. The molecule has 0 amide bonds. The first-order valence-corrected chi connectivity index (χ1v) is 34.1. The van der Waals surface area contributed by atoms with Gasteiger partial charge in [0.15, 0.2) is 6.10 Å². The van der Waals surface area contributed by atoms with E-state index in [4.69, 9.17) is 14.2 Å². The third-order valence-electron chi connectivity index (χ3n) is 14.9. The Morgan fingerprint density at radius 2 is 0.494 bits per heavy atom. The lowest BCUT2D eigenvalue weighted by atomic mass is 10.0. The van der Waals surface area contributed by atoms with E-state index < -0.39 is 6.10 Å². The van der Waals surface area contributed by atoms with Crippen molar-refractivity contribution in [3.8, 4) is 0 Å². The van der Waals surface area contributed by atoms with Gasteiger partial charge in [0.05, 0.1) is 0 Å². The standard InChI is InChI=1S/C73H128O6/c1-4-7-10-13-16-19-22-25-28-31-34-36-39-42-45-48-51-54-57-60-63-66-72(75)78-69-70(68-77-71(74)65-62-59-56-53-50-47-44-41-38-33-30-27-24-21-18-15-12-9-6-3)79-73(76)67-64-61-58-55-52-49-46-43-40-37-35-32-29-26-23-20-17-14-11-8-5-2/h7,10,16,18-19,21,25,27-28,30,34,36,42,45,70H,4-6,8-9,11-15,17,20,22-24,26,29,31-33,35,37-41,43-44,46-69H2,1-3H3/b10-7-,19-16-,21-18-,28-25-,30-27-,36-34-,45-42-. The first kappa shape index (κ1) is 75.6. The monoisotopic (exact) mass is 1100 g/mol. The van der Waals surface area contributed by atoms with Crippen LogP contribution < -0.4 is 0 Å². The number of carbonyl (C=O) groups excluding carboxylic acids is 3. The van der Waals surface area contributed by atoms with Crippen LogP contribution in [-0.4, -0.2) is 37.2 Å². The zero-order valence-electron chi connectivity index (χ0n) is 52.4. The SMILES string of the molecule is CC/C=C\C/C=C\C/C=C\C/C=C\C/C=C\CCCCCCCC(=O)OCC(COC(=O)CCCCCCCCCCC/C=C\C/C=C\CCCCC)OC(=O)CCCCCCCCCCCCCCCCCCCCCCC. The Kier molecular flexibility index (Phi) is 64.2. The molecule has 0 spiro atoms. The fraction of sp³-hybridized carbons (Fsp3) is 0.767. The molecule has 0 aromatic rings. The van der Waals surface area contributed by atoms with Gasteiger partial charge in [-0.25, -0.2) is 0 Å². The quantitative estimate of drug-likeness (QED) is 0.0261. The predicted molar refractivity (Wildman–Crippen MR) is 344 cm³/mol. The number of allylic oxidation sites excluding steroid dienone is 14. The minimum atomic E-state index is -0.787. The maximum atomic E-state index is 13.0. The molecular formula is C73H128O6. The number of hydrogen-bond donors (Lipinski definition) is 0. The van der Waals surface area contributed by atoms with Crippen molar-refractivity contribution >= 4 is 17.9 Å². The normalized spacial score (nSPS) is 12.6. The van der Waals surface area contributed by atoms with E-state index in [1.165, 1.54) is 186 Å². The smallest absolute Gasteiger partial charge is 0.306 e. The average molecular weight is 1100 g/mol. The molecule has 6 heteroatoms. The Bertz CT molecular complexity index is 1500. The largest absolute Gasteiger partial charge is 0.462 e. The molecule has 0 aromatic carbocycles. The van der Waals surface area contributed by atoms with Crippen LogP contribution in [-0.2, 0) is 28.6 Å². The molecule has 0 rings (SSSR count). The summed E-state index contributed by atoms with van der Waals surface area (Å²) in [6.07, 6.45) is 88.8. The summed E-state index contributed by atoms with van der Waals surface area (Å²) >= 11 is 0. The molecule has 1 atom stereocenters. The molecule has 456 valence electrons. The Labute approximate surface area is 490 Å². The topological polar surface area (TPSA) is 78.9 Å². The number of rotatable bonds is 62. The van der Waals surface area contributed by atoms with Gasteiger partial charge in [0.2, 0.25) is 0 Å². The highest BCUT2D eigenvalue weighted by molar-refractivity contribution is 5.71. The van der Waals surface area contributed by atoms with Crippen LogP contribution in [0, 0.1) is 0 Å². The molecule has 0 bridgehead atoms. The highest BCUT2D eigenvalue weighted by atomic mass is 16.6. The Balaban J connectivity index is 4.40. The van der Waals surface area contributed by atoms with Crippen LogP contribution in [0.15, 0.2) is 85.1 Å². The fourth-order valence-electron chi connectivity index (χ4n) is 9.80. The summed E-state index contributed by atoms with van der Waals surface area (Å²) in [4.78, 5) is 38.4. The van der Waals surface area contributed by atoms with Gasteiger partial charge >= 0.3 is 17.9 Å². The highest BCUT2D eigenvalue weighted by Crippen LogP contribution is 2.17. The van der Waals surface area contributed by atoms with E-state index in [0.29, 0.717) is 19.3 Å². The molecule has 0 radical (unpaired) electrons. The molecule has 0 fully saturated rings. The third kappa shape index (κ3) is 65.3. The number of carbonyl (C=O) groups is 3. The molecule has 1 unspecified atom stereocenters. The summed E-state index contributed by atoms with van der Waals surface area (Å²) in [5, 5.41) is 0. The second-order valence-electron chi connectivity index (χ2n) is 22.7. The molecule has 79 heavy (non-hydrogen) atoms. The van der Waals surface area contributed by atoms with Crippen molar-refractivity contribution in [1.29, 1.82) is 0 Å². The van der Waals surface area contributed by atoms with Gasteiger partial charge in [-0.05, 0) is 96.3 Å². The summed E-state index contributed by atoms with van der Waals surface area (Å²) in [6.45, 7) is 6.53. The number of unbranched alkanes of at least 4 members (excludes halogenated alkanes) is 37. The van der Waals surface area contributed by atoms with Crippen molar-refractivity contribution in [3.63, 3.8) is 0 Å². The van der Waals surface area contributed by atoms with Crippen molar-refractivity contribution in [1.82, 2.24) is 0 Å². The molecule has 0 saturated heterocycles. The van der Waals surface area contributed by atoms with E-state index in [1.54, 1.807) is 0 Å². The van der Waals surface area contributed by atoms with E-state index in [1.807, 2.05) is 0 Å². The number of ether oxygens (including phenoxy) is 3. The zero-order valence-corrected chi connectivity index (χ0v) is 52.4. The lowest BCUT2D eigenvalue weighted by molar-refractivity contribution is -0.167.